The van der Waals surface area contributed by atoms with E-state index in [4.69, 9.17) is 11.6 Å². The fourth-order valence-electron chi connectivity index (χ4n) is 3.51. The number of halogens is 2. The summed E-state index contributed by atoms with van der Waals surface area (Å²) in [6.45, 7) is 6.97. The Balaban J connectivity index is 1.59. The lowest BCUT2D eigenvalue weighted by Gasteiger charge is -2.36. The van der Waals surface area contributed by atoms with E-state index in [1.807, 2.05) is 18.2 Å². The fourth-order valence-corrected chi connectivity index (χ4v) is 4.65. The molecule has 4 nitrogen and oxygen atoms in total. The van der Waals surface area contributed by atoms with Crippen molar-refractivity contribution in [3.8, 4) is 0 Å². The highest BCUT2D eigenvalue weighted by Crippen LogP contribution is 2.32. The molecule has 2 heterocycles. The van der Waals surface area contributed by atoms with E-state index in [0.717, 1.165) is 43.1 Å². The Morgan fingerprint density at radius 1 is 1.18 bits per heavy atom. The van der Waals surface area contributed by atoms with Gasteiger partial charge in [-0.1, -0.05) is 24.6 Å². The minimum absolute atomic E-state index is 0.253. The molecule has 0 atom stereocenters. The number of nitrogens with one attached hydrogen (secondary N) is 1. The van der Waals surface area contributed by atoms with Crippen LogP contribution >= 0.6 is 22.9 Å². The average molecular weight is 418 g/mol. The second-order valence-corrected chi connectivity index (χ2v) is 8.32. The zero-order valence-electron chi connectivity index (χ0n) is 15.5. The molecule has 1 fully saturated rings. The molecule has 0 bridgehead atoms. The number of anilines is 2. The van der Waals surface area contributed by atoms with Gasteiger partial charge in [-0.05, 0) is 42.9 Å². The average Bonchev–Trinajstić information content (AvgIpc) is 3.14. The standard InChI is InChI=1S/C21H21ClFN3OS/c1-2-25-8-10-26(11-9-25)18-7-6-14(22)12-17(18)24-21(27)20-13-15-16(23)4-3-5-19(15)28-20/h3-7,12-13H,2,8-11H2,1H3,(H,24,27). The van der Waals surface area contributed by atoms with Gasteiger partial charge in [0.2, 0.25) is 0 Å². The van der Waals surface area contributed by atoms with E-state index in [1.54, 1.807) is 18.2 Å². The molecule has 1 aromatic heterocycles. The van der Waals surface area contributed by atoms with E-state index in [9.17, 15) is 9.18 Å². The van der Waals surface area contributed by atoms with E-state index in [2.05, 4.69) is 22.0 Å². The molecule has 0 unspecified atom stereocenters. The van der Waals surface area contributed by atoms with E-state index >= 15 is 0 Å². The van der Waals surface area contributed by atoms with Gasteiger partial charge < -0.3 is 15.1 Å². The van der Waals surface area contributed by atoms with Gasteiger partial charge in [0.05, 0.1) is 16.3 Å². The normalized spacial score (nSPS) is 15.2. The number of nitrogens with zero attached hydrogens (tertiary/aromatic N) is 2. The van der Waals surface area contributed by atoms with Gasteiger partial charge in [0.1, 0.15) is 5.82 Å². The maximum absolute atomic E-state index is 14.0. The van der Waals surface area contributed by atoms with Gasteiger partial charge in [-0.2, -0.15) is 0 Å². The fraction of sp³-hybridized carbons (Fsp3) is 0.286. The summed E-state index contributed by atoms with van der Waals surface area (Å²) >= 11 is 7.47. The first-order valence-electron chi connectivity index (χ1n) is 9.31. The first-order valence-corrected chi connectivity index (χ1v) is 10.5. The molecular formula is C21H21ClFN3OS. The zero-order valence-corrected chi connectivity index (χ0v) is 17.1. The van der Waals surface area contributed by atoms with Gasteiger partial charge >= 0.3 is 0 Å². The monoisotopic (exact) mass is 417 g/mol. The molecule has 3 aromatic rings. The molecule has 28 heavy (non-hydrogen) atoms. The minimum Gasteiger partial charge on any atom is -0.367 e. The zero-order chi connectivity index (χ0) is 19.7. The molecule has 7 heteroatoms. The summed E-state index contributed by atoms with van der Waals surface area (Å²) in [7, 11) is 0. The van der Waals surface area contributed by atoms with E-state index < -0.39 is 0 Å². The molecule has 0 saturated carbocycles. The molecule has 2 aromatic carbocycles. The van der Waals surface area contributed by atoms with Gasteiger partial charge in [0.15, 0.2) is 0 Å². The molecule has 1 aliphatic rings. The number of amides is 1. The third kappa shape index (κ3) is 3.85. The van der Waals surface area contributed by atoms with Crippen LogP contribution in [0.5, 0.6) is 0 Å². The number of hydrogen-bond donors (Lipinski definition) is 1. The quantitative estimate of drug-likeness (QED) is 0.642. The lowest BCUT2D eigenvalue weighted by Crippen LogP contribution is -2.46. The Kier molecular flexibility index (Phi) is 5.53. The number of piperazine rings is 1. The van der Waals surface area contributed by atoms with Crippen LogP contribution in [0, 0.1) is 5.82 Å². The molecule has 1 saturated heterocycles. The van der Waals surface area contributed by atoms with Crippen molar-refractivity contribution in [1.29, 1.82) is 0 Å². The SMILES string of the molecule is CCN1CCN(c2ccc(Cl)cc2NC(=O)c2cc3c(F)cccc3s2)CC1. The summed E-state index contributed by atoms with van der Waals surface area (Å²) in [6.07, 6.45) is 0. The Bertz CT molecular complexity index is 1010. The van der Waals surface area contributed by atoms with E-state index in [-0.39, 0.29) is 11.7 Å². The second-order valence-electron chi connectivity index (χ2n) is 6.80. The number of rotatable bonds is 4. The number of benzene rings is 2. The smallest absolute Gasteiger partial charge is 0.265 e. The van der Waals surface area contributed by atoms with Crippen LogP contribution < -0.4 is 10.2 Å². The van der Waals surface area contributed by atoms with Gasteiger partial charge in [0, 0.05) is 41.3 Å². The third-order valence-corrected chi connectivity index (χ3v) is 6.43. The second kappa shape index (κ2) is 8.07. The number of thiophene rings is 1. The maximum atomic E-state index is 14.0. The summed E-state index contributed by atoms with van der Waals surface area (Å²) in [5.74, 6) is -0.568. The molecule has 1 aliphatic heterocycles. The number of likely N-dealkylation sites (N-methyl/N-ethyl adjacent to an activating group) is 1. The van der Waals surface area contributed by atoms with Crippen molar-refractivity contribution in [3.63, 3.8) is 0 Å². The van der Waals surface area contributed by atoms with Crippen molar-refractivity contribution in [2.75, 3.05) is 42.9 Å². The molecule has 0 radical (unpaired) electrons. The maximum Gasteiger partial charge on any atom is 0.265 e. The number of hydrogen-bond acceptors (Lipinski definition) is 4. The van der Waals surface area contributed by atoms with Gasteiger partial charge in [0.25, 0.3) is 5.91 Å². The lowest BCUT2D eigenvalue weighted by atomic mass is 10.2. The molecule has 1 amide bonds. The predicted molar refractivity (Wildman–Crippen MR) is 116 cm³/mol. The molecule has 1 N–H and O–H groups in total. The highest BCUT2D eigenvalue weighted by atomic mass is 35.5. The summed E-state index contributed by atoms with van der Waals surface area (Å²) in [5, 5.41) is 4.02. The number of carbonyl (C=O) groups excluding carboxylic acids is 1. The van der Waals surface area contributed by atoms with E-state index in [1.165, 1.54) is 17.4 Å². The largest absolute Gasteiger partial charge is 0.367 e. The Labute approximate surface area is 172 Å². The first-order chi connectivity index (χ1) is 13.5. The van der Waals surface area contributed by atoms with Crippen molar-refractivity contribution < 1.29 is 9.18 Å². The molecule has 146 valence electrons. The van der Waals surface area contributed by atoms with Crippen LogP contribution in [-0.4, -0.2) is 43.5 Å². The van der Waals surface area contributed by atoms with Crippen LogP contribution in [0.2, 0.25) is 5.02 Å². The van der Waals surface area contributed by atoms with Crippen molar-refractivity contribution in [3.05, 3.63) is 58.2 Å². The van der Waals surface area contributed by atoms with Crippen LogP contribution in [0.1, 0.15) is 16.6 Å². The predicted octanol–water partition coefficient (Wildman–Crippen LogP) is 5.09. The van der Waals surface area contributed by atoms with Crippen LogP contribution in [0.4, 0.5) is 15.8 Å². The molecule has 0 spiro atoms. The molecule has 4 rings (SSSR count). The minimum atomic E-state index is -0.315. The van der Waals surface area contributed by atoms with Crippen molar-refractivity contribution >= 4 is 50.3 Å². The summed E-state index contributed by atoms with van der Waals surface area (Å²) in [4.78, 5) is 18.0. The van der Waals surface area contributed by atoms with Crippen LogP contribution in [0.15, 0.2) is 42.5 Å². The Hall–Kier alpha value is -2.15. The summed E-state index contributed by atoms with van der Waals surface area (Å²) in [6, 6.07) is 12.0. The van der Waals surface area contributed by atoms with Crippen molar-refractivity contribution in [1.82, 2.24) is 4.90 Å². The number of carbonyl (C=O) groups is 1. The van der Waals surface area contributed by atoms with Crippen LogP contribution in [0.3, 0.4) is 0 Å². The van der Waals surface area contributed by atoms with Crippen LogP contribution in [0.25, 0.3) is 10.1 Å². The van der Waals surface area contributed by atoms with Gasteiger partial charge in [-0.25, -0.2) is 4.39 Å². The molecular weight excluding hydrogens is 397 g/mol. The Morgan fingerprint density at radius 2 is 1.96 bits per heavy atom. The topological polar surface area (TPSA) is 35.6 Å². The highest BCUT2D eigenvalue weighted by molar-refractivity contribution is 7.20. The van der Waals surface area contributed by atoms with Gasteiger partial charge in [-0.15, -0.1) is 11.3 Å². The summed E-state index contributed by atoms with van der Waals surface area (Å²) in [5.41, 5.74) is 1.64. The van der Waals surface area contributed by atoms with Crippen molar-refractivity contribution in [2.45, 2.75) is 6.92 Å². The Morgan fingerprint density at radius 3 is 2.68 bits per heavy atom. The third-order valence-electron chi connectivity index (χ3n) is 5.10. The van der Waals surface area contributed by atoms with Crippen LogP contribution in [-0.2, 0) is 0 Å². The van der Waals surface area contributed by atoms with Gasteiger partial charge in [-0.3, -0.25) is 4.79 Å². The molecule has 0 aliphatic carbocycles. The van der Waals surface area contributed by atoms with E-state index in [0.29, 0.717) is 21.0 Å². The summed E-state index contributed by atoms with van der Waals surface area (Å²) < 4.78 is 14.7. The van der Waals surface area contributed by atoms with Crippen molar-refractivity contribution in [2.24, 2.45) is 0 Å². The number of fused-ring (bicyclic) bond motifs is 1. The highest BCUT2D eigenvalue weighted by Gasteiger charge is 2.20. The first kappa shape index (κ1) is 19.2. The lowest BCUT2D eigenvalue weighted by molar-refractivity contribution is 0.103.